The molecular weight excluding hydrogens is 226 g/mol. The fraction of sp³-hybridized carbons (Fsp3) is 0.462. The molecule has 0 aliphatic heterocycles. The Morgan fingerprint density at radius 3 is 2.67 bits per heavy atom. The first-order valence-electron chi connectivity index (χ1n) is 6.13. The van der Waals surface area contributed by atoms with Crippen LogP contribution in [-0.2, 0) is 13.6 Å². The highest BCUT2D eigenvalue weighted by molar-refractivity contribution is 5.35. The van der Waals surface area contributed by atoms with Gasteiger partial charge < -0.3 is 9.88 Å². The predicted molar refractivity (Wildman–Crippen MR) is 71.4 cm³/mol. The van der Waals surface area contributed by atoms with Crippen molar-refractivity contribution < 1.29 is 0 Å². The number of aromatic nitrogens is 4. The van der Waals surface area contributed by atoms with Crippen LogP contribution in [0.1, 0.15) is 37.1 Å². The van der Waals surface area contributed by atoms with Crippen LogP contribution >= 0.6 is 0 Å². The van der Waals surface area contributed by atoms with E-state index in [1.807, 2.05) is 36.7 Å². The average molecular weight is 245 g/mol. The predicted octanol–water partition coefficient (Wildman–Crippen LogP) is 2.25. The fourth-order valence-electron chi connectivity index (χ4n) is 1.84. The molecule has 0 saturated carbocycles. The van der Waals surface area contributed by atoms with Gasteiger partial charge in [-0.25, -0.2) is 4.98 Å². The average Bonchev–Trinajstić information content (AvgIpc) is 2.68. The third kappa shape index (κ3) is 2.67. The van der Waals surface area contributed by atoms with Crippen molar-refractivity contribution in [2.45, 2.75) is 33.2 Å². The Morgan fingerprint density at radius 1 is 1.28 bits per heavy atom. The Bertz CT molecular complexity index is 530. The van der Waals surface area contributed by atoms with Crippen LogP contribution in [0.5, 0.6) is 0 Å². The van der Waals surface area contributed by atoms with Gasteiger partial charge >= 0.3 is 0 Å². The molecule has 0 aromatic carbocycles. The molecule has 2 heterocycles. The van der Waals surface area contributed by atoms with Crippen molar-refractivity contribution in [3.05, 3.63) is 35.5 Å². The van der Waals surface area contributed by atoms with Gasteiger partial charge in [-0.3, -0.25) is 0 Å². The number of hydrogen-bond donors (Lipinski definition) is 1. The quantitative estimate of drug-likeness (QED) is 0.897. The Kier molecular flexibility index (Phi) is 3.60. The third-order valence-electron chi connectivity index (χ3n) is 2.83. The van der Waals surface area contributed by atoms with E-state index in [-0.39, 0.29) is 0 Å². The molecular formula is C13H19N5. The van der Waals surface area contributed by atoms with Gasteiger partial charge in [-0.2, -0.15) is 0 Å². The van der Waals surface area contributed by atoms with Crippen LogP contribution in [-0.4, -0.2) is 19.7 Å². The van der Waals surface area contributed by atoms with E-state index >= 15 is 0 Å². The second-order valence-electron chi connectivity index (χ2n) is 4.71. The summed E-state index contributed by atoms with van der Waals surface area (Å²) in [6, 6.07) is 5.91. The molecule has 0 amide bonds. The molecule has 0 bridgehead atoms. The van der Waals surface area contributed by atoms with Gasteiger partial charge in [-0.05, 0) is 19.1 Å². The van der Waals surface area contributed by atoms with Crippen molar-refractivity contribution in [2.24, 2.45) is 7.05 Å². The van der Waals surface area contributed by atoms with Gasteiger partial charge in [0.15, 0.2) is 5.82 Å². The molecule has 0 atom stereocenters. The molecule has 2 aromatic heterocycles. The van der Waals surface area contributed by atoms with Crippen LogP contribution in [0.25, 0.3) is 0 Å². The first-order valence-corrected chi connectivity index (χ1v) is 6.13. The van der Waals surface area contributed by atoms with E-state index in [1.165, 1.54) is 0 Å². The summed E-state index contributed by atoms with van der Waals surface area (Å²) in [5.74, 6) is 3.17. The fourth-order valence-corrected chi connectivity index (χ4v) is 1.84. The van der Waals surface area contributed by atoms with E-state index in [2.05, 4.69) is 34.3 Å². The maximum Gasteiger partial charge on any atom is 0.152 e. The number of nitrogens with zero attached hydrogens (tertiary/aromatic N) is 4. The zero-order valence-corrected chi connectivity index (χ0v) is 11.3. The van der Waals surface area contributed by atoms with Crippen molar-refractivity contribution in [3.63, 3.8) is 0 Å². The first kappa shape index (κ1) is 12.5. The van der Waals surface area contributed by atoms with Crippen molar-refractivity contribution in [2.75, 3.05) is 5.32 Å². The standard InChI is InChI=1S/C13H19N5/c1-9(2)13-17-16-12(18(13)4)8-14-11-7-5-6-10(3)15-11/h5-7,9H,8H2,1-4H3,(H,14,15). The van der Waals surface area contributed by atoms with Crippen LogP contribution in [0.2, 0.25) is 0 Å². The van der Waals surface area contributed by atoms with Gasteiger partial charge in [0, 0.05) is 18.7 Å². The minimum Gasteiger partial charge on any atom is -0.363 e. The summed E-state index contributed by atoms with van der Waals surface area (Å²) in [7, 11) is 2.00. The van der Waals surface area contributed by atoms with Crippen LogP contribution in [0, 0.1) is 6.92 Å². The van der Waals surface area contributed by atoms with Crippen molar-refractivity contribution in [1.29, 1.82) is 0 Å². The normalized spacial score (nSPS) is 10.9. The highest BCUT2D eigenvalue weighted by Gasteiger charge is 2.11. The second kappa shape index (κ2) is 5.16. The molecule has 0 fully saturated rings. The Hall–Kier alpha value is -1.91. The van der Waals surface area contributed by atoms with E-state index in [4.69, 9.17) is 0 Å². The van der Waals surface area contributed by atoms with Crippen molar-refractivity contribution in [3.8, 4) is 0 Å². The topological polar surface area (TPSA) is 55.6 Å². The molecule has 5 nitrogen and oxygen atoms in total. The molecule has 0 aliphatic rings. The largest absolute Gasteiger partial charge is 0.363 e. The second-order valence-corrected chi connectivity index (χ2v) is 4.71. The molecule has 0 spiro atoms. The molecule has 0 saturated heterocycles. The van der Waals surface area contributed by atoms with E-state index in [0.29, 0.717) is 12.5 Å². The van der Waals surface area contributed by atoms with Crippen LogP contribution in [0.15, 0.2) is 18.2 Å². The lowest BCUT2D eigenvalue weighted by Gasteiger charge is -2.08. The molecule has 2 rings (SSSR count). The molecule has 0 unspecified atom stereocenters. The maximum atomic E-state index is 4.39. The molecule has 1 N–H and O–H groups in total. The molecule has 2 aromatic rings. The summed E-state index contributed by atoms with van der Waals surface area (Å²) in [5.41, 5.74) is 1.00. The first-order chi connectivity index (χ1) is 8.58. The monoisotopic (exact) mass is 245 g/mol. The van der Waals surface area contributed by atoms with Gasteiger partial charge in [-0.1, -0.05) is 19.9 Å². The Morgan fingerprint density at radius 2 is 2.06 bits per heavy atom. The van der Waals surface area contributed by atoms with Crippen LogP contribution in [0.4, 0.5) is 5.82 Å². The van der Waals surface area contributed by atoms with Crippen molar-refractivity contribution >= 4 is 5.82 Å². The van der Waals surface area contributed by atoms with Gasteiger partial charge in [0.2, 0.25) is 0 Å². The van der Waals surface area contributed by atoms with E-state index < -0.39 is 0 Å². The highest BCUT2D eigenvalue weighted by Crippen LogP contribution is 2.12. The molecule has 18 heavy (non-hydrogen) atoms. The number of pyridine rings is 1. The number of anilines is 1. The molecule has 0 radical (unpaired) electrons. The highest BCUT2D eigenvalue weighted by atomic mass is 15.3. The molecule has 96 valence electrons. The Labute approximate surface area is 107 Å². The summed E-state index contributed by atoms with van der Waals surface area (Å²) in [6.45, 7) is 6.84. The van der Waals surface area contributed by atoms with E-state index in [0.717, 1.165) is 23.2 Å². The minimum atomic E-state index is 0.383. The zero-order valence-electron chi connectivity index (χ0n) is 11.3. The number of hydrogen-bond acceptors (Lipinski definition) is 4. The van der Waals surface area contributed by atoms with Gasteiger partial charge in [0.25, 0.3) is 0 Å². The van der Waals surface area contributed by atoms with Gasteiger partial charge in [0.05, 0.1) is 6.54 Å². The number of aryl methyl sites for hydroxylation is 1. The summed E-state index contributed by atoms with van der Waals surface area (Å²) in [6.07, 6.45) is 0. The summed E-state index contributed by atoms with van der Waals surface area (Å²) in [5, 5.41) is 11.7. The van der Waals surface area contributed by atoms with E-state index in [1.54, 1.807) is 0 Å². The van der Waals surface area contributed by atoms with Crippen molar-refractivity contribution in [1.82, 2.24) is 19.7 Å². The summed E-state index contributed by atoms with van der Waals surface area (Å²) >= 11 is 0. The Balaban J connectivity index is 2.07. The van der Waals surface area contributed by atoms with Gasteiger partial charge in [0.1, 0.15) is 11.6 Å². The minimum absolute atomic E-state index is 0.383. The number of nitrogens with one attached hydrogen (secondary N) is 1. The van der Waals surface area contributed by atoms with E-state index in [9.17, 15) is 0 Å². The molecule has 5 heteroatoms. The maximum absolute atomic E-state index is 4.39. The molecule has 0 aliphatic carbocycles. The number of rotatable bonds is 4. The lowest BCUT2D eigenvalue weighted by atomic mass is 10.2. The SMILES string of the molecule is Cc1cccc(NCc2nnc(C(C)C)n2C)n1. The lowest BCUT2D eigenvalue weighted by Crippen LogP contribution is -2.09. The van der Waals surface area contributed by atoms with Crippen LogP contribution < -0.4 is 5.32 Å². The third-order valence-corrected chi connectivity index (χ3v) is 2.83. The van der Waals surface area contributed by atoms with Gasteiger partial charge in [-0.15, -0.1) is 10.2 Å². The lowest BCUT2D eigenvalue weighted by molar-refractivity contribution is 0.692. The van der Waals surface area contributed by atoms with Crippen LogP contribution in [0.3, 0.4) is 0 Å². The zero-order chi connectivity index (χ0) is 13.1. The summed E-state index contributed by atoms with van der Waals surface area (Å²) < 4.78 is 2.04. The smallest absolute Gasteiger partial charge is 0.152 e. The summed E-state index contributed by atoms with van der Waals surface area (Å²) in [4.78, 5) is 4.39.